The summed E-state index contributed by atoms with van der Waals surface area (Å²) in [6.45, 7) is 14.0. The number of hydrogen-bond acceptors (Lipinski definition) is 21. The lowest BCUT2D eigenvalue weighted by atomic mass is 10.1. The number of carboxylic acids is 1. The van der Waals surface area contributed by atoms with E-state index < -0.39 is 65.3 Å². The fourth-order valence-electron chi connectivity index (χ4n) is 10.9. The van der Waals surface area contributed by atoms with Gasteiger partial charge in [0.05, 0.1) is 82.9 Å². The molecule has 6 aromatic heterocycles. The minimum absolute atomic E-state index is 0. The van der Waals surface area contributed by atoms with Crippen molar-refractivity contribution in [3.63, 3.8) is 0 Å². The highest BCUT2D eigenvalue weighted by Crippen LogP contribution is 2.33. The van der Waals surface area contributed by atoms with Crippen LogP contribution in [0.15, 0.2) is 164 Å². The van der Waals surface area contributed by atoms with Gasteiger partial charge in [-0.3, -0.25) is 49.2 Å². The summed E-state index contributed by atoms with van der Waals surface area (Å²) in [6, 6.07) is 41.3. The van der Waals surface area contributed by atoms with Crippen LogP contribution in [0.1, 0.15) is 93.5 Å². The van der Waals surface area contributed by atoms with Crippen LogP contribution in [0.3, 0.4) is 0 Å². The van der Waals surface area contributed by atoms with Crippen LogP contribution in [0.25, 0.3) is 64.4 Å². The number of nitrogens with two attached hydrogens (primary N) is 1. The van der Waals surface area contributed by atoms with E-state index in [-0.39, 0.29) is 65.5 Å². The minimum Gasteiger partial charge on any atom is -0.478 e. The number of alkyl halides is 1. The van der Waals surface area contributed by atoms with Gasteiger partial charge in [0.25, 0.3) is 11.8 Å². The first-order chi connectivity index (χ1) is 51.8. The summed E-state index contributed by atoms with van der Waals surface area (Å²) in [7, 11) is -1.00. The molecule has 21 nitrogen and oxygen atoms in total. The minimum atomic E-state index is -1.14. The van der Waals surface area contributed by atoms with E-state index in [1.54, 1.807) is 73.1 Å². The van der Waals surface area contributed by atoms with E-state index in [2.05, 4.69) is 76.7 Å². The Morgan fingerprint density at radius 1 is 0.560 bits per heavy atom. The summed E-state index contributed by atoms with van der Waals surface area (Å²) in [4.78, 5) is 80.6. The van der Waals surface area contributed by atoms with Crippen molar-refractivity contribution in [2.45, 2.75) is 97.6 Å². The number of aromatic nitrogens is 6. The van der Waals surface area contributed by atoms with E-state index in [9.17, 15) is 46.6 Å². The molecule has 12 aromatic rings. The van der Waals surface area contributed by atoms with Crippen molar-refractivity contribution in [3.8, 4) is 33.8 Å². The number of fused-ring (bicyclic) bond motifs is 3. The summed E-state index contributed by atoms with van der Waals surface area (Å²) < 4.78 is 84.9. The number of thiazole rings is 3. The Balaban J connectivity index is 0.000000185. The van der Waals surface area contributed by atoms with E-state index in [1.807, 2.05) is 90.1 Å². The van der Waals surface area contributed by atoms with Crippen molar-refractivity contribution in [1.29, 1.82) is 0 Å². The van der Waals surface area contributed by atoms with E-state index in [0.29, 0.717) is 74.8 Å². The number of nitrogens with zero attached hydrogens (tertiary/aromatic N) is 6. The molecule has 6 aromatic carbocycles. The van der Waals surface area contributed by atoms with Crippen LogP contribution >= 0.6 is 69.6 Å². The molecule has 2 fully saturated rings. The lowest BCUT2D eigenvalue weighted by Gasteiger charge is -2.17. The molecule has 109 heavy (non-hydrogen) atoms. The molecule has 2 saturated heterocycles. The molecule has 2 aliphatic rings. The Bertz CT molecular complexity index is 5210. The first kappa shape index (κ1) is 83.4. The molecule has 0 saturated carbocycles. The lowest BCUT2D eigenvalue weighted by Crippen LogP contribution is -2.22. The number of aromatic carboxylic acids is 1. The van der Waals surface area contributed by atoms with Crippen molar-refractivity contribution in [2.75, 3.05) is 43.3 Å². The number of aliphatic hydroxyl groups is 2. The van der Waals surface area contributed by atoms with Crippen molar-refractivity contribution in [3.05, 3.63) is 232 Å². The number of amides is 2. The van der Waals surface area contributed by atoms with Crippen LogP contribution in [-0.2, 0) is 47.8 Å². The quantitative estimate of drug-likeness (QED) is 0.0297. The predicted molar refractivity (Wildman–Crippen MR) is 419 cm³/mol. The maximum Gasteiger partial charge on any atom is 0.335 e. The molecule has 3 atom stereocenters. The number of aliphatic hydroxyl groups excluding tert-OH is 2. The molecular formula is C78H74Cl3F4N9O12S3. The number of carbonyl (C=O) groups is 5. The van der Waals surface area contributed by atoms with E-state index in [4.69, 9.17) is 36.3 Å². The zero-order valence-corrected chi connectivity index (χ0v) is 64.2. The number of nitrogens with one attached hydrogen (secondary N) is 2. The molecule has 0 radical (unpaired) electrons. The number of ether oxygens (including phenoxy) is 4. The molecule has 0 aliphatic carbocycles. The van der Waals surface area contributed by atoms with Crippen LogP contribution in [0.2, 0.25) is 0 Å². The number of carbonyl (C=O) groups excluding carboxylic acids is 4. The summed E-state index contributed by atoms with van der Waals surface area (Å²) in [5.41, 5.74) is 17.0. The van der Waals surface area contributed by atoms with Crippen LogP contribution < -0.4 is 16.4 Å². The molecule has 7 N–H and O–H groups in total. The predicted octanol–water partition coefficient (Wildman–Crippen LogP) is 16.7. The second-order valence-electron chi connectivity index (χ2n) is 25.4. The average Bonchev–Trinajstić information content (AvgIpc) is 1.82. The molecule has 0 spiro atoms. The number of pyridine rings is 3. The number of hydrogen-bond donors (Lipinski definition) is 6. The molecule has 0 bridgehead atoms. The average molecular weight is 1610 g/mol. The maximum absolute atomic E-state index is 14.8. The highest BCUT2D eigenvalue weighted by molar-refractivity contribution is 7.23. The summed E-state index contributed by atoms with van der Waals surface area (Å²) in [5.74, 6) is -4.22. The number of rotatable bonds is 16. The highest BCUT2D eigenvalue weighted by Gasteiger charge is 2.34. The maximum atomic E-state index is 14.8. The number of aryl methyl sites for hydroxylation is 3. The first-order valence-corrected chi connectivity index (χ1v) is 36.2. The largest absolute Gasteiger partial charge is 0.478 e. The third-order valence-electron chi connectivity index (χ3n) is 15.9. The van der Waals surface area contributed by atoms with E-state index in [0.717, 1.165) is 48.2 Å². The highest BCUT2D eigenvalue weighted by atomic mass is 35.5. The monoisotopic (exact) mass is 1610 g/mol. The Hall–Kier alpha value is -9.66. The van der Waals surface area contributed by atoms with Gasteiger partial charge in [0, 0.05) is 65.7 Å². The molecule has 8 heterocycles. The van der Waals surface area contributed by atoms with Gasteiger partial charge in [-0.2, -0.15) is 0 Å². The fraction of sp³-hybridized carbons (Fsp3) is 0.244. The Morgan fingerprint density at radius 3 is 1.23 bits per heavy atom. The second-order valence-corrected chi connectivity index (χ2v) is 29.2. The molecule has 14 rings (SSSR count). The molecule has 2 amide bonds. The number of nitrogen functional groups attached to an aromatic ring is 1. The van der Waals surface area contributed by atoms with Gasteiger partial charge >= 0.3 is 16.5 Å². The van der Waals surface area contributed by atoms with Crippen molar-refractivity contribution in [1.82, 2.24) is 29.9 Å². The third-order valence-corrected chi connectivity index (χ3v) is 19.1. The first-order valence-electron chi connectivity index (χ1n) is 33.7. The molecular weight excluding hydrogens is 1530 g/mol. The zero-order chi connectivity index (χ0) is 78.9. The second kappa shape index (κ2) is 38.6. The van der Waals surface area contributed by atoms with Gasteiger partial charge in [0.2, 0.25) is 0 Å². The zero-order valence-electron chi connectivity index (χ0n) is 60.4. The lowest BCUT2D eigenvalue weighted by molar-refractivity contribution is -0.138. The number of benzene rings is 6. The Kier molecular flexibility index (Phi) is 29.5. The van der Waals surface area contributed by atoms with Crippen LogP contribution in [0.5, 0.6) is 0 Å². The molecule has 31 heteroatoms. The molecule has 0 unspecified atom stereocenters. The van der Waals surface area contributed by atoms with Crippen LogP contribution in [0.4, 0.5) is 33.0 Å². The van der Waals surface area contributed by atoms with E-state index >= 15 is 0 Å². The smallest absolute Gasteiger partial charge is 0.335 e. The number of halogens is 7. The van der Waals surface area contributed by atoms with Crippen LogP contribution in [-0.4, -0.2) is 130 Å². The van der Waals surface area contributed by atoms with Crippen molar-refractivity contribution in [2.24, 2.45) is 0 Å². The number of carboxylic acid groups (broad SMARTS) is 1. The molecule has 2 aliphatic heterocycles. The summed E-state index contributed by atoms with van der Waals surface area (Å²) in [5, 5.41) is 32.4. The van der Waals surface area contributed by atoms with E-state index in [1.165, 1.54) is 80.8 Å². The normalized spacial score (nSPS) is 14.8. The van der Waals surface area contributed by atoms with Gasteiger partial charge < -0.3 is 40.0 Å². The van der Waals surface area contributed by atoms with Gasteiger partial charge in [-0.1, -0.05) is 88.6 Å². The van der Waals surface area contributed by atoms with Crippen LogP contribution in [0, 0.1) is 38.2 Å². The van der Waals surface area contributed by atoms with Crippen molar-refractivity contribution >= 4 is 144 Å². The third kappa shape index (κ3) is 24.2. The Labute approximate surface area is 653 Å². The topological polar surface area (TPSA) is 310 Å². The number of anilines is 3. The van der Waals surface area contributed by atoms with Crippen molar-refractivity contribution < 1.29 is 77.2 Å². The van der Waals surface area contributed by atoms with Gasteiger partial charge in [-0.05, 0) is 196 Å². The summed E-state index contributed by atoms with van der Waals surface area (Å²) >= 11 is 13.4. The van der Waals surface area contributed by atoms with Gasteiger partial charge in [0.15, 0.2) is 27.0 Å². The SMILES string of the molecule is CC1(C)OC[C@@H](Cc2cnc(-c3ccc(C(=O)O)cc3)c(F)c2)O1.Cc1ccc2nc(N)sc2c1.Cc1ccc2nc(NC(=O)c3ccc(-c4ncc(C[C@@H](O)CO)cc4F)cc3)sc2c1.Cc1ccc2nc(NC(=O)c3ccc(-c4ncc(C[C@@H]5COC(C)(C)O5)cc4F)cc3)sc2c1.Cl.O=C(Cl)C(=O)Cl.[2H]CF. The van der Waals surface area contributed by atoms with Gasteiger partial charge in [-0.25, -0.2) is 32.9 Å². The Morgan fingerprint density at radius 2 is 0.899 bits per heavy atom. The molecule has 570 valence electrons. The van der Waals surface area contributed by atoms with Gasteiger partial charge in [0.1, 0.15) is 34.5 Å². The fourth-order valence-corrected chi connectivity index (χ4v) is 13.6. The summed E-state index contributed by atoms with van der Waals surface area (Å²) in [6.07, 6.45) is 4.69. The standard InChI is InChI=1S/C26H24FN3O3S.C23H20FN3O3S.C18H18FNO4.C8H8N2S.C2Cl2O2.CH3F.ClH/c1-15-4-9-21-22(10-15)34-25(29-21)30-24(31)18-7-5-17(6-8-18)23-20(27)12-16(13-28-23)11-19-14-32-26(2,3)33-19;1-13-2-7-19-20(8-13)31-23(26-19)27-22(30)16-5-3-15(4-6-16)21-18(24)10-14(11-25-21)9-17(29)12-28;1-18(2)23-10-14(24-18)7-11-8-15(19)16(20-9-11)12-3-5-13(6-4-12)17(21)22;1-5-2-3-6-7(4-5)11-8(9)10-6;3-1(5)2(4)6;1-2;/h4-10,12-13,19H,11,14H2,1-3H3,(H,29,30,31);2-8,10-11,17,28-29H,9,12H2,1H3,(H,26,27,30);3-6,8-9,14H,7,10H2,1-2H3,(H,21,22);2-4H,1H3,(H2,9,10);;1H3;1H/t19-;17-;14-;;;;/m111..../s1/i;;;;;1D;. The van der Waals surface area contributed by atoms with Gasteiger partial charge in [-0.15, -0.1) is 12.4 Å².